The van der Waals surface area contributed by atoms with Crippen molar-refractivity contribution in [2.24, 2.45) is 5.92 Å². The molecular weight excluding hydrogens is 260 g/mol. The van der Waals surface area contributed by atoms with Gasteiger partial charge in [-0.15, -0.1) is 0 Å². The van der Waals surface area contributed by atoms with E-state index >= 15 is 0 Å². The van der Waals surface area contributed by atoms with Gasteiger partial charge in [-0.25, -0.2) is 0 Å². The summed E-state index contributed by atoms with van der Waals surface area (Å²) in [5.74, 6) is -1.01. The fourth-order valence-electron chi connectivity index (χ4n) is 1.51. The van der Waals surface area contributed by atoms with Crippen molar-refractivity contribution in [2.45, 2.75) is 26.8 Å². The van der Waals surface area contributed by atoms with E-state index in [0.717, 1.165) is 6.07 Å². The van der Waals surface area contributed by atoms with E-state index in [2.05, 4.69) is 10.6 Å². The van der Waals surface area contributed by atoms with Gasteiger partial charge >= 0.3 is 0 Å². The Kier molecular flexibility index (Phi) is 5.37. The van der Waals surface area contributed by atoms with Gasteiger partial charge < -0.3 is 20.8 Å². The maximum atomic E-state index is 11.9. The summed E-state index contributed by atoms with van der Waals surface area (Å²) in [4.78, 5) is 23.6. The highest BCUT2D eigenvalue weighted by atomic mass is 16.3. The Morgan fingerprint density at radius 2 is 1.85 bits per heavy atom. The van der Waals surface area contributed by atoms with Gasteiger partial charge in [0.05, 0.1) is 5.56 Å². The number of carbonyl (C=O) groups excluding carboxylic acids is 2. The largest absolute Gasteiger partial charge is 0.508 e. The third-order valence-corrected chi connectivity index (χ3v) is 2.65. The van der Waals surface area contributed by atoms with E-state index in [1.165, 1.54) is 12.1 Å². The topological polar surface area (TPSA) is 98.7 Å². The van der Waals surface area contributed by atoms with Crippen molar-refractivity contribution in [1.29, 1.82) is 0 Å². The van der Waals surface area contributed by atoms with Crippen molar-refractivity contribution in [3.8, 4) is 11.5 Å². The first kappa shape index (κ1) is 15.8. The van der Waals surface area contributed by atoms with E-state index < -0.39 is 11.9 Å². The Morgan fingerprint density at radius 1 is 1.20 bits per heavy atom. The molecule has 1 unspecified atom stereocenters. The maximum absolute atomic E-state index is 11.9. The van der Waals surface area contributed by atoms with Gasteiger partial charge in [0.15, 0.2) is 0 Å². The summed E-state index contributed by atoms with van der Waals surface area (Å²) in [6.07, 6.45) is 0. The lowest BCUT2D eigenvalue weighted by molar-refractivity contribution is -0.122. The SMILES string of the molecule is CC(C)CNC(=O)C(C)NC(=O)c1ccc(O)cc1O. The highest BCUT2D eigenvalue weighted by Gasteiger charge is 2.18. The second-order valence-corrected chi connectivity index (χ2v) is 5.04. The van der Waals surface area contributed by atoms with Crippen LogP contribution >= 0.6 is 0 Å². The van der Waals surface area contributed by atoms with Crippen LogP contribution < -0.4 is 10.6 Å². The molecule has 6 nitrogen and oxygen atoms in total. The van der Waals surface area contributed by atoms with Crippen molar-refractivity contribution in [3.63, 3.8) is 0 Å². The Hall–Kier alpha value is -2.24. The molecule has 0 aliphatic carbocycles. The summed E-state index contributed by atoms with van der Waals surface area (Å²) < 4.78 is 0. The third-order valence-electron chi connectivity index (χ3n) is 2.65. The van der Waals surface area contributed by atoms with Crippen LogP contribution in [0.25, 0.3) is 0 Å². The number of benzene rings is 1. The smallest absolute Gasteiger partial charge is 0.255 e. The zero-order chi connectivity index (χ0) is 15.3. The quantitative estimate of drug-likeness (QED) is 0.646. The fraction of sp³-hybridized carbons (Fsp3) is 0.429. The minimum atomic E-state index is -0.713. The molecule has 0 saturated heterocycles. The molecule has 1 aromatic rings. The van der Waals surface area contributed by atoms with E-state index in [1.807, 2.05) is 13.8 Å². The Bertz CT molecular complexity index is 500. The van der Waals surface area contributed by atoms with Crippen molar-refractivity contribution in [2.75, 3.05) is 6.54 Å². The zero-order valence-electron chi connectivity index (χ0n) is 11.8. The van der Waals surface area contributed by atoms with E-state index in [9.17, 15) is 14.7 Å². The molecule has 0 heterocycles. The number of phenolic OH excluding ortho intramolecular Hbond substituents is 2. The molecule has 4 N–H and O–H groups in total. The summed E-state index contributed by atoms with van der Waals surface area (Å²) in [5, 5.41) is 23.9. The highest BCUT2D eigenvalue weighted by Crippen LogP contribution is 2.22. The van der Waals surface area contributed by atoms with Crippen molar-refractivity contribution < 1.29 is 19.8 Å². The van der Waals surface area contributed by atoms with Crippen molar-refractivity contribution in [1.82, 2.24) is 10.6 Å². The minimum Gasteiger partial charge on any atom is -0.508 e. The molecule has 0 saturated carbocycles. The minimum absolute atomic E-state index is 0.00584. The monoisotopic (exact) mass is 280 g/mol. The van der Waals surface area contributed by atoms with Crippen LogP contribution in [0.5, 0.6) is 11.5 Å². The lowest BCUT2D eigenvalue weighted by Crippen LogP contribution is -2.45. The fourth-order valence-corrected chi connectivity index (χ4v) is 1.51. The number of rotatable bonds is 5. The molecule has 0 radical (unpaired) electrons. The third kappa shape index (κ3) is 4.46. The zero-order valence-corrected chi connectivity index (χ0v) is 11.8. The van der Waals surface area contributed by atoms with Crippen molar-refractivity contribution in [3.05, 3.63) is 23.8 Å². The summed E-state index contributed by atoms with van der Waals surface area (Å²) in [7, 11) is 0. The van der Waals surface area contributed by atoms with Crippen LogP contribution in [0.1, 0.15) is 31.1 Å². The lowest BCUT2D eigenvalue weighted by Gasteiger charge is -2.15. The highest BCUT2D eigenvalue weighted by molar-refractivity contribution is 5.99. The van der Waals surface area contributed by atoms with Gasteiger partial charge in [0, 0.05) is 12.6 Å². The number of amides is 2. The molecule has 0 fully saturated rings. The number of aromatic hydroxyl groups is 2. The van der Waals surface area contributed by atoms with Crippen LogP contribution in [-0.4, -0.2) is 34.6 Å². The van der Waals surface area contributed by atoms with E-state index in [-0.39, 0.29) is 23.0 Å². The van der Waals surface area contributed by atoms with Gasteiger partial charge in [0.25, 0.3) is 5.91 Å². The number of hydrogen-bond acceptors (Lipinski definition) is 4. The Labute approximate surface area is 117 Å². The molecule has 110 valence electrons. The molecule has 0 bridgehead atoms. The molecule has 2 amide bonds. The number of phenols is 2. The van der Waals surface area contributed by atoms with Gasteiger partial charge in [-0.05, 0) is 25.0 Å². The van der Waals surface area contributed by atoms with Crippen LogP contribution in [0.3, 0.4) is 0 Å². The summed E-state index contributed by atoms with van der Waals surface area (Å²) in [5.41, 5.74) is 0.00584. The first-order chi connectivity index (χ1) is 9.31. The van der Waals surface area contributed by atoms with Crippen molar-refractivity contribution >= 4 is 11.8 Å². The van der Waals surface area contributed by atoms with Crippen LogP contribution in [0.15, 0.2) is 18.2 Å². The first-order valence-electron chi connectivity index (χ1n) is 6.41. The normalized spacial score (nSPS) is 12.0. The number of hydrogen-bond donors (Lipinski definition) is 4. The van der Waals surface area contributed by atoms with Crippen LogP contribution in [0.4, 0.5) is 0 Å². The van der Waals surface area contributed by atoms with Crippen LogP contribution in [-0.2, 0) is 4.79 Å². The predicted octanol–water partition coefficient (Wildman–Crippen LogP) is 0.988. The Balaban J connectivity index is 2.63. The van der Waals surface area contributed by atoms with Crippen LogP contribution in [0, 0.1) is 5.92 Å². The first-order valence-corrected chi connectivity index (χ1v) is 6.41. The Morgan fingerprint density at radius 3 is 2.40 bits per heavy atom. The van der Waals surface area contributed by atoms with E-state index in [0.29, 0.717) is 12.5 Å². The van der Waals surface area contributed by atoms with Gasteiger partial charge in [0.2, 0.25) is 5.91 Å². The van der Waals surface area contributed by atoms with Gasteiger partial charge in [-0.2, -0.15) is 0 Å². The average molecular weight is 280 g/mol. The van der Waals surface area contributed by atoms with Crippen LogP contribution in [0.2, 0.25) is 0 Å². The van der Waals surface area contributed by atoms with Gasteiger partial charge in [-0.1, -0.05) is 13.8 Å². The molecule has 20 heavy (non-hydrogen) atoms. The predicted molar refractivity (Wildman–Crippen MR) is 74.5 cm³/mol. The maximum Gasteiger partial charge on any atom is 0.255 e. The molecule has 6 heteroatoms. The van der Waals surface area contributed by atoms with E-state index in [4.69, 9.17) is 5.11 Å². The molecule has 0 aliphatic rings. The summed E-state index contributed by atoms with van der Waals surface area (Å²) >= 11 is 0. The molecule has 0 spiro atoms. The molecular formula is C14H20N2O4. The van der Waals surface area contributed by atoms with Gasteiger partial charge in [0.1, 0.15) is 17.5 Å². The average Bonchev–Trinajstić information content (AvgIpc) is 2.35. The molecule has 0 aromatic heterocycles. The molecule has 1 aromatic carbocycles. The lowest BCUT2D eigenvalue weighted by atomic mass is 10.1. The summed E-state index contributed by atoms with van der Waals surface area (Å²) in [6.45, 7) is 6.03. The number of nitrogens with one attached hydrogen (secondary N) is 2. The summed E-state index contributed by atoms with van der Waals surface area (Å²) in [6, 6.07) is 2.93. The standard InChI is InChI=1S/C14H20N2O4/c1-8(2)7-15-13(19)9(3)16-14(20)11-5-4-10(17)6-12(11)18/h4-6,8-9,17-18H,7H2,1-3H3,(H,15,19)(H,16,20). The molecule has 1 atom stereocenters. The molecule has 0 aliphatic heterocycles. The second kappa shape index (κ2) is 6.79. The van der Waals surface area contributed by atoms with Gasteiger partial charge in [-0.3, -0.25) is 9.59 Å². The van der Waals surface area contributed by atoms with E-state index in [1.54, 1.807) is 6.92 Å². The second-order valence-electron chi connectivity index (χ2n) is 5.04. The molecule has 1 rings (SSSR count). The number of carbonyl (C=O) groups is 2.